The molecule has 2 unspecified atom stereocenters. The van der Waals surface area contributed by atoms with E-state index in [9.17, 15) is 5.11 Å². The quantitative estimate of drug-likeness (QED) is 0.850. The van der Waals surface area contributed by atoms with E-state index in [2.05, 4.69) is 40.6 Å². The fraction of sp³-hybridized carbons (Fsp3) is 0.500. The van der Waals surface area contributed by atoms with Crippen molar-refractivity contribution in [3.8, 4) is 0 Å². The number of fused-ring (bicyclic) bond motifs is 1. The molecule has 0 bridgehead atoms. The van der Waals surface area contributed by atoms with Gasteiger partial charge in [-0.05, 0) is 43.5 Å². The molecule has 112 valence electrons. The molecule has 1 aliphatic carbocycles. The van der Waals surface area contributed by atoms with Crippen molar-refractivity contribution in [3.63, 3.8) is 0 Å². The van der Waals surface area contributed by atoms with E-state index in [1.54, 1.807) is 0 Å². The predicted octanol–water partition coefficient (Wildman–Crippen LogP) is 3.33. The Bertz CT molecular complexity index is 611. The van der Waals surface area contributed by atoms with Gasteiger partial charge in [0.15, 0.2) is 0 Å². The number of hydrogen-bond donors (Lipinski definition) is 2. The Morgan fingerprint density at radius 3 is 2.90 bits per heavy atom. The molecule has 0 aliphatic heterocycles. The van der Waals surface area contributed by atoms with Crippen LogP contribution in [-0.4, -0.2) is 22.2 Å². The monoisotopic (exact) mass is 284 g/mol. The number of nitrogens with zero attached hydrogens (tertiary/aromatic N) is 1. The van der Waals surface area contributed by atoms with Gasteiger partial charge in [-0.2, -0.15) is 0 Å². The second-order valence-electron chi connectivity index (χ2n) is 6.17. The molecule has 2 atom stereocenters. The van der Waals surface area contributed by atoms with Crippen LogP contribution in [0.25, 0.3) is 10.9 Å². The topological polar surface area (TPSA) is 45.1 Å². The number of rotatable bonds is 3. The first kappa shape index (κ1) is 14.5. The lowest BCUT2D eigenvalue weighted by molar-refractivity contribution is 0.119. The number of pyridine rings is 1. The third-order valence-corrected chi connectivity index (χ3v) is 4.44. The maximum Gasteiger partial charge on any atom is 0.0705 e. The second-order valence-corrected chi connectivity index (χ2v) is 6.17. The highest BCUT2D eigenvalue weighted by molar-refractivity contribution is 5.79. The number of aromatic nitrogens is 1. The molecule has 3 nitrogen and oxygen atoms in total. The fourth-order valence-corrected chi connectivity index (χ4v) is 3.16. The molecule has 0 saturated heterocycles. The molecule has 21 heavy (non-hydrogen) atoms. The van der Waals surface area contributed by atoms with Crippen LogP contribution in [0.2, 0.25) is 0 Å². The lowest BCUT2D eigenvalue weighted by atomic mass is 10.1. The van der Waals surface area contributed by atoms with Gasteiger partial charge in [0.1, 0.15) is 0 Å². The predicted molar refractivity (Wildman–Crippen MR) is 86.2 cm³/mol. The normalized spacial score (nSPS) is 23.1. The molecule has 1 aliphatic rings. The molecule has 0 radical (unpaired) electrons. The van der Waals surface area contributed by atoms with E-state index in [-0.39, 0.29) is 12.1 Å². The van der Waals surface area contributed by atoms with Crippen LogP contribution in [0.3, 0.4) is 0 Å². The highest BCUT2D eigenvalue weighted by atomic mass is 16.3. The van der Waals surface area contributed by atoms with Crippen molar-refractivity contribution in [1.82, 2.24) is 10.3 Å². The molecule has 3 heteroatoms. The summed E-state index contributed by atoms with van der Waals surface area (Å²) < 4.78 is 0. The summed E-state index contributed by atoms with van der Waals surface area (Å²) in [5.41, 5.74) is 3.35. The Morgan fingerprint density at radius 1 is 1.14 bits per heavy atom. The minimum Gasteiger partial charge on any atom is -0.392 e. The van der Waals surface area contributed by atoms with Crippen molar-refractivity contribution in [2.24, 2.45) is 0 Å². The van der Waals surface area contributed by atoms with E-state index in [1.165, 1.54) is 23.8 Å². The van der Waals surface area contributed by atoms with Crippen LogP contribution in [0.4, 0.5) is 0 Å². The van der Waals surface area contributed by atoms with Crippen molar-refractivity contribution in [1.29, 1.82) is 0 Å². The van der Waals surface area contributed by atoms with E-state index in [0.29, 0.717) is 0 Å². The molecule has 1 aromatic carbocycles. The van der Waals surface area contributed by atoms with Gasteiger partial charge in [0, 0.05) is 23.7 Å². The molecular weight excluding hydrogens is 260 g/mol. The molecule has 2 aromatic rings. The number of aliphatic hydroxyl groups is 1. The molecule has 0 amide bonds. The second kappa shape index (κ2) is 6.54. The van der Waals surface area contributed by atoms with E-state index in [4.69, 9.17) is 0 Å². The van der Waals surface area contributed by atoms with Crippen LogP contribution >= 0.6 is 0 Å². The number of hydrogen-bond acceptors (Lipinski definition) is 3. The lowest BCUT2D eigenvalue weighted by Gasteiger charge is -2.22. The van der Waals surface area contributed by atoms with Crippen molar-refractivity contribution in [3.05, 3.63) is 41.6 Å². The number of aryl methyl sites for hydroxylation is 1. The summed E-state index contributed by atoms with van der Waals surface area (Å²) in [7, 11) is 0. The zero-order valence-corrected chi connectivity index (χ0v) is 12.7. The van der Waals surface area contributed by atoms with Gasteiger partial charge >= 0.3 is 0 Å². The summed E-state index contributed by atoms with van der Waals surface area (Å²) in [6.45, 7) is 2.83. The zero-order chi connectivity index (χ0) is 14.7. The van der Waals surface area contributed by atoms with Gasteiger partial charge in [-0.1, -0.05) is 31.4 Å². The Morgan fingerprint density at radius 2 is 2.00 bits per heavy atom. The maximum atomic E-state index is 10.2. The number of benzene rings is 1. The average molecular weight is 284 g/mol. The Hall–Kier alpha value is -1.45. The summed E-state index contributed by atoms with van der Waals surface area (Å²) in [4.78, 5) is 4.53. The van der Waals surface area contributed by atoms with Gasteiger partial charge in [0.25, 0.3) is 0 Å². The van der Waals surface area contributed by atoms with Crippen LogP contribution < -0.4 is 5.32 Å². The number of nitrogens with one attached hydrogen (secondary N) is 1. The van der Waals surface area contributed by atoms with Crippen LogP contribution in [0.1, 0.15) is 43.4 Å². The first-order valence-electron chi connectivity index (χ1n) is 8.00. The van der Waals surface area contributed by atoms with Gasteiger partial charge in [-0.25, -0.2) is 0 Å². The summed E-state index contributed by atoms with van der Waals surface area (Å²) in [5.74, 6) is 0. The Kier molecular flexibility index (Phi) is 4.51. The Labute approximate surface area is 126 Å². The fourth-order valence-electron chi connectivity index (χ4n) is 3.16. The molecular formula is C18H24N2O. The zero-order valence-electron chi connectivity index (χ0n) is 12.7. The highest BCUT2D eigenvalue weighted by Crippen LogP contribution is 2.19. The van der Waals surface area contributed by atoms with Gasteiger partial charge in [0.05, 0.1) is 11.6 Å². The third kappa shape index (κ3) is 3.60. The van der Waals surface area contributed by atoms with Crippen LogP contribution in [0.5, 0.6) is 0 Å². The smallest absolute Gasteiger partial charge is 0.0705 e. The van der Waals surface area contributed by atoms with Gasteiger partial charge in [-0.15, -0.1) is 0 Å². The van der Waals surface area contributed by atoms with Crippen molar-refractivity contribution >= 4 is 10.9 Å². The summed E-state index contributed by atoms with van der Waals surface area (Å²) >= 11 is 0. The van der Waals surface area contributed by atoms with E-state index in [0.717, 1.165) is 37.0 Å². The van der Waals surface area contributed by atoms with Crippen molar-refractivity contribution in [2.45, 2.75) is 57.7 Å². The third-order valence-electron chi connectivity index (χ3n) is 4.44. The van der Waals surface area contributed by atoms with Crippen LogP contribution in [0.15, 0.2) is 30.3 Å². The SMILES string of the molecule is Cc1ccc2cc(CNC3CCCCCC3O)ccc2n1. The van der Waals surface area contributed by atoms with Crippen LogP contribution in [0, 0.1) is 6.92 Å². The minimum atomic E-state index is -0.197. The summed E-state index contributed by atoms with van der Waals surface area (Å²) in [6, 6.07) is 10.8. The number of aliphatic hydroxyl groups excluding tert-OH is 1. The first-order chi connectivity index (χ1) is 10.2. The molecule has 2 N–H and O–H groups in total. The minimum absolute atomic E-state index is 0.197. The highest BCUT2D eigenvalue weighted by Gasteiger charge is 2.20. The standard InChI is InChI=1S/C18H24N2O/c1-13-7-9-15-11-14(8-10-16(15)20-13)12-19-17-5-3-2-4-6-18(17)21/h7-11,17-19,21H,2-6,12H2,1H3. The first-order valence-corrected chi connectivity index (χ1v) is 8.00. The van der Waals surface area contributed by atoms with Gasteiger partial charge < -0.3 is 10.4 Å². The Balaban J connectivity index is 1.68. The van der Waals surface area contributed by atoms with Crippen molar-refractivity contribution < 1.29 is 5.11 Å². The molecule has 1 fully saturated rings. The summed E-state index contributed by atoms with van der Waals surface area (Å²) in [5, 5.41) is 14.9. The molecule has 0 spiro atoms. The molecule has 1 aromatic heterocycles. The summed E-state index contributed by atoms with van der Waals surface area (Å²) in [6.07, 6.45) is 5.43. The van der Waals surface area contributed by atoms with Gasteiger partial charge in [-0.3, -0.25) is 4.98 Å². The van der Waals surface area contributed by atoms with Gasteiger partial charge in [0.2, 0.25) is 0 Å². The molecule has 1 saturated carbocycles. The van der Waals surface area contributed by atoms with Crippen molar-refractivity contribution in [2.75, 3.05) is 0 Å². The molecule has 3 rings (SSSR count). The van der Waals surface area contributed by atoms with E-state index >= 15 is 0 Å². The lowest BCUT2D eigenvalue weighted by Crippen LogP contribution is -2.38. The average Bonchev–Trinajstić information content (AvgIpc) is 2.69. The largest absolute Gasteiger partial charge is 0.392 e. The molecule has 1 heterocycles. The van der Waals surface area contributed by atoms with Crippen LogP contribution in [-0.2, 0) is 6.54 Å². The maximum absolute atomic E-state index is 10.2. The van der Waals surface area contributed by atoms with E-state index in [1.807, 2.05) is 6.92 Å². The van der Waals surface area contributed by atoms with E-state index < -0.39 is 0 Å².